The molecule has 1 unspecified atom stereocenters. The monoisotopic (exact) mass is 186 g/mol. The van der Waals surface area contributed by atoms with E-state index in [2.05, 4.69) is 0 Å². The number of esters is 1. The molecule has 0 aromatic rings. The van der Waals surface area contributed by atoms with Crippen molar-refractivity contribution < 1.29 is 14.3 Å². The molecule has 0 N–H and O–H groups in total. The van der Waals surface area contributed by atoms with Crippen molar-refractivity contribution in [2.24, 2.45) is 11.3 Å². The molecule has 0 saturated carbocycles. The highest BCUT2D eigenvalue weighted by Gasteiger charge is 2.25. The number of carbonyl (C=O) groups excluding carboxylic acids is 2. The van der Waals surface area contributed by atoms with Crippen molar-refractivity contribution in [2.45, 2.75) is 34.1 Å². The Morgan fingerprint density at radius 3 is 2.31 bits per heavy atom. The molecule has 0 aromatic heterocycles. The van der Waals surface area contributed by atoms with E-state index in [4.69, 9.17) is 4.74 Å². The summed E-state index contributed by atoms with van der Waals surface area (Å²) in [5.74, 6) is -1.02. The van der Waals surface area contributed by atoms with Gasteiger partial charge in [-0.25, -0.2) is 0 Å². The number of aldehydes is 1. The molecule has 3 nitrogen and oxygen atoms in total. The normalized spacial score (nSPS) is 13.5. The average Bonchev–Trinajstić information content (AvgIpc) is 1.99. The Bertz CT molecular complexity index is 179. The number of carbonyl (C=O) groups is 2. The molecule has 76 valence electrons. The highest BCUT2D eigenvalue weighted by Crippen LogP contribution is 2.23. The Kier molecular flexibility index (Phi) is 4.67. The minimum Gasteiger partial charge on any atom is -0.465 e. The zero-order valence-corrected chi connectivity index (χ0v) is 8.79. The molecule has 0 bridgehead atoms. The summed E-state index contributed by atoms with van der Waals surface area (Å²) >= 11 is 0. The summed E-state index contributed by atoms with van der Waals surface area (Å²) < 4.78 is 4.77. The summed E-state index contributed by atoms with van der Waals surface area (Å²) in [6.07, 6.45) is 1.21. The topological polar surface area (TPSA) is 43.4 Å². The number of ether oxygens (including phenoxy) is 1. The fraction of sp³-hybridized carbons (Fsp3) is 0.800. The maximum Gasteiger partial charge on any atom is 0.316 e. The van der Waals surface area contributed by atoms with Crippen LogP contribution in [-0.4, -0.2) is 18.9 Å². The van der Waals surface area contributed by atoms with Gasteiger partial charge >= 0.3 is 5.97 Å². The Balaban J connectivity index is 4.18. The van der Waals surface area contributed by atoms with Gasteiger partial charge in [-0.15, -0.1) is 0 Å². The van der Waals surface area contributed by atoms with Gasteiger partial charge in [0.2, 0.25) is 0 Å². The van der Waals surface area contributed by atoms with Crippen LogP contribution in [-0.2, 0) is 14.3 Å². The second-order valence-corrected chi connectivity index (χ2v) is 4.26. The van der Waals surface area contributed by atoms with Gasteiger partial charge in [-0.2, -0.15) is 0 Å². The molecule has 0 saturated heterocycles. The fourth-order valence-corrected chi connectivity index (χ4v) is 1.10. The molecule has 13 heavy (non-hydrogen) atoms. The van der Waals surface area contributed by atoms with Crippen LogP contribution >= 0.6 is 0 Å². The van der Waals surface area contributed by atoms with Gasteiger partial charge in [0.15, 0.2) is 0 Å². The van der Waals surface area contributed by atoms with E-state index in [9.17, 15) is 9.59 Å². The summed E-state index contributed by atoms with van der Waals surface area (Å²) in [5.41, 5.74) is -0.0294. The first-order chi connectivity index (χ1) is 5.90. The summed E-state index contributed by atoms with van der Waals surface area (Å²) in [7, 11) is 0. The van der Waals surface area contributed by atoms with E-state index >= 15 is 0 Å². The van der Waals surface area contributed by atoms with Crippen molar-refractivity contribution in [2.75, 3.05) is 6.61 Å². The lowest BCUT2D eigenvalue weighted by molar-refractivity contribution is -0.150. The van der Waals surface area contributed by atoms with Gasteiger partial charge in [0.25, 0.3) is 0 Å². The lowest BCUT2D eigenvalue weighted by Gasteiger charge is -2.20. The largest absolute Gasteiger partial charge is 0.465 e. The molecule has 0 amide bonds. The Hall–Kier alpha value is -0.860. The van der Waals surface area contributed by atoms with Crippen LogP contribution in [0.3, 0.4) is 0 Å². The molecule has 0 rings (SSSR count). The van der Waals surface area contributed by atoms with Gasteiger partial charge in [0, 0.05) is 0 Å². The zero-order valence-electron chi connectivity index (χ0n) is 8.79. The molecule has 0 aromatic carbocycles. The molecule has 3 heteroatoms. The van der Waals surface area contributed by atoms with Gasteiger partial charge in [0.1, 0.15) is 12.2 Å². The van der Waals surface area contributed by atoms with Crippen LogP contribution in [0, 0.1) is 11.3 Å². The molecule has 0 radical (unpaired) electrons. The van der Waals surface area contributed by atoms with Crippen LogP contribution < -0.4 is 0 Å². The summed E-state index contributed by atoms with van der Waals surface area (Å²) in [4.78, 5) is 21.8. The highest BCUT2D eigenvalue weighted by molar-refractivity contribution is 5.87. The first-order valence-corrected chi connectivity index (χ1v) is 4.52. The van der Waals surface area contributed by atoms with Gasteiger partial charge in [-0.1, -0.05) is 20.8 Å². The molecule has 0 spiro atoms. The number of hydrogen-bond acceptors (Lipinski definition) is 3. The summed E-state index contributed by atoms with van der Waals surface area (Å²) in [6, 6.07) is 0. The number of rotatable bonds is 4. The first-order valence-electron chi connectivity index (χ1n) is 4.52. The molecule has 0 aliphatic rings. The van der Waals surface area contributed by atoms with Crippen LogP contribution in [0.5, 0.6) is 0 Å². The fourth-order valence-electron chi connectivity index (χ4n) is 1.10. The Morgan fingerprint density at radius 2 is 2.00 bits per heavy atom. The molecule has 0 heterocycles. The third kappa shape index (κ3) is 5.39. The van der Waals surface area contributed by atoms with Crippen molar-refractivity contribution in [1.29, 1.82) is 0 Å². The van der Waals surface area contributed by atoms with E-state index in [1.807, 2.05) is 20.8 Å². The Labute approximate surface area is 79.5 Å². The summed E-state index contributed by atoms with van der Waals surface area (Å²) in [5, 5.41) is 0. The van der Waals surface area contributed by atoms with Gasteiger partial charge in [-0.05, 0) is 18.8 Å². The maximum absolute atomic E-state index is 11.2. The van der Waals surface area contributed by atoms with Crippen molar-refractivity contribution in [1.82, 2.24) is 0 Å². The van der Waals surface area contributed by atoms with Crippen LogP contribution in [0.4, 0.5) is 0 Å². The summed E-state index contributed by atoms with van der Waals surface area (Å²) in [6.45, 7) is 8.03. The standard InChI is InChI=1S/C10H18O3/c1-5-13-9(12)8(7-11)6-10(2,3)4/h7-8H,5-6H2,1-4H3. The van der Waals surface area contributed by atoms with Crippen LogP contribution in [0.1, 0.15) is 34.1 Å². The second kappa shape index (κ2) is 5.00. The quantitative estimate of drug-likeness (QED) is 0.382. The van der Waals surface area contributed by atoms with E-state index in [0.717, 1.165) is 0 Å². The van der Waals surface area contributed by atoms with Crippen LogP contribution in [0.25, 0.3) is 0 Å². The lowest BCUT2D eigenvalue weighted by Crippen LogP contribution is -2.24. The predicted octanol–water partition coefficient (Wildman–Crippen LogP) is 1.80. The second-order valence-electron chi connectivity index (χ2n) is 4.26. The van der Waals surface area contributed by atoms with Crippen molar-refractivity contribution in [3.63, 3.8) is 0 Å². The molecular weight excluding hydrogens is 168 g/mol. The smallest absolute Gasteiger partial charge is 0.316 e. The minimum atomic E-state index is -0.611. The van der Waals surface area contributed by atoms with E-state index in [-0.39, 0.29) is 5.41 Å². The van der Waals surface area contributed by atoms with Gasteiger partial charge in [-0.3, -0.25) is 4.79 Å². The van der Waals surface area contributed by atoms with Crippen molar-refractivity contribution >= 4 is 12.3 Å². The van der Waals surface area contributed by atoms with Crippen molar-refractivity contribution in [3.05, 3.63) is 0 Å². The highest BCUT2D eigenvalue weighted by atomic mass is 16.5. The predicted molar refractivity (Wildman–Crippen MR) is 50.3 cm³/mol. The third-order valence-corrected chi connectivity index (χ3v) is 1.59. The molecule has 0 aliphatic heterocycles. The first kappa shape index (κ1) is 12.1. The SMILES string of the molecule is CCOC(=O)C(C=O)CC(C)(C)C. The van der Waals surface area contributed by atoms with Crippen LogP contribution in [0.15, 0.2) is 0 Å². The van der Waals surface area contributed by atoms with E-state index in [0.29, 0.717) is 19.3 Å². The van der Waals surface area contributed by atoms with E-state index in [1.54, 1.807) is 6.92 Å². The van der Waals surface area contributed by atoms with Gasteiger partial charge in [0.05, 0.1) is 6.61 Å². The van der Waals surface area contributed by atoms with E-state index < -0.39 is 11.9 Å². The number of hydrogen-bond donors (Lipinski definition) is 0. The van der Waals surface area contributed by atoms with Crippen molar-refractivity contribution in [3.8, 4) is 0 Å². The Morgan fingerprint density at radius 1 is 1.46 bits per heavy atom. The zero-order chi connectivity index (χ0) is 10.5. The molecular formula is C10H18O3. The maximum atomic E-state index is 11.2. The third-order valence-electron chi connectivity index (χ3n) is 1.59. The minimum absolute atomic E-state index is 0.0294. The molecule has 1 atom stereocenters. The average molecular weight is 186 g/mol. The lowest BCUT2D eigenvalue weighted by atomic mass is 9.85. The van der Waals surface area contributed by atoms with E-state index in [1.165, 1.54) is 0 Å². The molecule has 0 fully saturated rings. The van der Waals surface area contributed by atoms with Gasteiger partial charge < -0.3 is 9.53 Å². The van der Waals surface area contributed by atoms with Crippen LogP contribution in [0.2, 0.25) is 0 Å². The molecule has 0 aliphatic carbocycles.